The fourth-order valence-electron chi connectivity index (χ4n) is 4.65. The van der Waals surface area contributed by atoms with Gasteiger partial charge in [-0.2, -0.15) is 4.98 Å². The Hall–Kier alpha value is -2.89. The number of methoxy groups -OCH3 is 1. The Labute approximate surface area is 283 Å². The zero-order valence-corrected chi connectivity index (χ0v) is 28.7. The molecule has 1 unspecified atom stereocenters. The van der Waals surface area contributed by atoms with Crippen molar-refractivity contribution in [1.82, 2.24) is 14.8 Å². The Morgan fingerprint density at radius 3 is 2.52 bits per heavy atom. The third-order valence-corrected chi connectivity index (χ3v) is 9.35. The summed E-state index contributed by atoms with van der Waals surface area (Å²) in [7, 11) is 1.55. The van der Waals surface area contributed by atoms with Crippen LogP contribution in [-0.2, 0) is 21.9 Å². The fourth-order valence-corrected chi connectivity index (χ4v) is 6.84. The number of hydrogen-bond acceptors (Lipinski definition) is 8. The van der Waals surface area contributed by atoms with E-state index >= 15 is 0 Å². The molecule has 0 fully saturated rings. The maximum atomic E-state index is 13.5. The predicted molar refractivity (Wildman–Crippen MR) is 178 cm³/mol. The number of thioether (sulfide) groups is 1. The Balaban J connectivity index is 1.52. The highest BCUT2D eigenvalue weighted by Gasteiger charge is 2.36. The van der Waals surface area contributed by atoms with E-state index in [2.05, 4.69) is 21.2 Å². The lowest BCUT2D eigenvalue weighted by Crippen LogP contribution is -2.30. The van der Waals surface area contributed by atoms with Crippen molar-refractivity contribution in [2.45, 2.75) is 43.8 Å². The van der Waals surface area contributed by atoms with E-state index in [1.807, 2.05) is 50.2 Å². The Morgan fingerprint density at radius 2 is 1.82 bits per heavy atom. The van der Waals surface area contributed by atoms with Gasteiger partial charge >= 0.3 is 5.97 Å². The van der Waals surface area contributed by atoms with Gasteiger partial charge in [-0.25, -0.2) is 9.48 Å². The van der Waals surface area contributed by atoms with Crippen molar-refractivity contribution in [2.75, 3.05) is 19.0 Å². The number of anilines is 1. The minimum Gasteiger partial charge on any atom is -0.493 e. The molecule has 1 aliphatic heterocycles. The van der Waals surface area contributed by atoms with Crippen LogP contribution >= 0.6 is 62.5 Å². The summed E-state index contributed by atoms with van der Waals surface area (Å²) in [6.07, 6.45) is 0.689. The molecule has 2 heterocycles. The maximum Gasteiger partial charge on any atom is 0.338 e. The average molecular weight is 739 g/mol. The van der Waals surface area contributed by atoms with E-state index in [0.29, 0.717) is 76.7 Å². The molecule has 0 saturated carbocycles. The van der Waals surface area contributed by atoms with Crippen molar-refractivity contribution in [3.63, 3.8) is 0 Å². The number of aromatic nitrogens is 3. The van der Waals surface area contributed by atoms with Crippen molar-refractivity contribution < 1.29 is 19.0 Å². The van der Waals surface area contributed by atoms with Gasteiger partial charge in [-0.05, 0) is 70.7 Å². The second kappa shape index (κ2) is 14.5. The second-order valence-corrected chi connectivity index (χ2v) is 12.8. The third kappa shape index (κ3) is 7.00. The quantitative estimate of drug-likeness (QED) is 0.121. The first-order chi connectivity index (χ1) is 21.2. The number of nitrogens with one attached hydrogen (secondary N) is 1. The van der Waals surface area contributed by atoms with Gasteiger partial charge in [-0.3, -0.25) is 0 Å². The van der Waals surface area contributed by atoms with Crippen LogP contribution in [0.2, 0.25) is 15.1 Å². The number of esters is 1. The molecule has 8 nitrogen and oxygen atoms in total. The van der Waals surface area contributed by atoms with Gasteiger partial charge in [0.2, 0.25) is 11.1 Å². The smallest absolute Gasteiger partial charge is 0.338 e. The molecule has 0 amide bonds. The van der Waals surface area contributed by atoms with E-state index in [4.69, 9.17) is 59.1 Å². The third-order valence-electron chi connectivity index (χ3n) is 6.79. The molecule has 230 valence electrons. The predicted octanol–water partition coefficient (Wildman–Crippen LogP) is 9.12. The topological polar surface area (TPSA) is 87.5 Å². The summed E-state index contributed by atoms with van der Waals surface area (Å²) in [5, 5.41) is 10.2. The van der Waals surface area contributed by atoms with Crippen molar-refractivity contribution in [3.8, 4) is 11.5 Å². The van der Waals surface area contributed by atoms with Crippen LogP contribution in [0.3, 0.4) is 0 Å². The molecule has 0 saturated heterocycles. The van der Waals surface area contributed by atoms with E-state index in [9.17, 15) is 4.79 Å². The molecule has 0 spiro atoms. The van der Waals surface area contributed by atoms with Crippen LogP contribution in [0.4, 0.5) is 5.95 Å². The number of nitrogens with zero attached hydrogens (tertiary/aromatic N) is 3. The molecule has 5 rings (SSSR count). The lowest BCUT2D eigenvalue weighted by atomic mass is 9.95. The summed E-state index contributed by atoms with van der Waals surface area (Å²) in [6, 6.07) is 15.9. The van der Waals surface area contributed by atoms with E-state index in [1.54, 1.807) is 30.0 Å². The summed E-state index contributed by atoms with van der Waals surface area (Å²) in [6.45, 7) is 4.17. The molecule has 0 bridgehead atoms. The zero-order valence-electron chi connectivity index (χ0n) is 24.0. The Kier molecular flexibility index (Phi) is 10.7. The van der Waals surface area contributed by atoms with Crippen molar-refractivity contribution in [1.29, 1.82) is 0 Å². The van der Waals surface area contributed by atoms with Crippen LogP contribution < -0.4 is 14.8 Å². The van der Waals surface area contributed by atoms with Crippen molar-refractivity contribution >= 4 is 74.4 Å². The zero-order chi connectivity index (χ0) is 31.4. The number of ether oxygens (including phenoxy) is 3. The normalized spacial score (nSPS) is 14.2. The monoisotopic (exact) mass is 736 g/mol. The molecule has 0 radical (unpaired) electrons. The molecule has 1 aromatic heterocycles. The van der Waals surface area contributed by atoms with Gasteiger partial charge in [0.1, 0.15) is 12.6 Å². The molecule has 44 heavy (non-hydrogen) atoms. The van der Waals surface area contributed by atoms with Gasteiger partial charge in [0, 0.05) is 32.1 Å². The standard InChI is InChI=1S/C31H28BrCl3N4O4S/c1-4-12-42-29(40)26-17(2)36-30-37-31(44-16-18-8-5-6-9-22(18)33)38-39(30)27(26)19-13-21(32)28(25(14-19)41-3)43-15-20-23(34)10-7-11-24(20)35/h5-11,13-14,27H,4,12,15-16H2,1-3H3,(H,36,37,38). The van der Waals surface area contributed by atoms with Gasteiger partial charge in [0.25, 0.3) is 0 Å². The number of rotatable bonds is 11. The molecule has 1 aliphatic rings. The highest BCUT2D eigenvalue weighted by Crippen LogP contribution is 2.44. The first-order valence-corrected chi connectivity index (χ1v) is 16.5. The van der Waals surface area contributed by atoms with Crippen molar-refractivity contribution in [3.05, 3.63) is 102 Å². The lowest BCUT2D eigenvalue weighted by Gasteiger charge is -2.29. The first-order valence-electron chi connectivity index (χ1n) is 13.6. The SMILES string of the molecule is CCCOC(=O)C1=C(C)Nc2nc(SCc3ccccc3Cl)nn2C1c1cc(Br)c(OCc2c(Cl)cccc2Cl)c(OC)c1. The lowest BCUT2D eigenvalue weighted by molar-refractivity contribution is -0.139. The summed E-state index contributed by atoms with van der Waals surface area (Å²) < 4.78 is 19.8. The summed E-state index contributed by atoms with van der Waals surface area (Å²) >= 11 is 24.2. The Bertz CT molecular complexity index is 1710. The van der Waals surface area contributed by atoms with E-state index in [1.165, 1.54) is 11.8 Å². The number of carbonyl (C=O) groups excluding carboxylic acids is 1. The van der Waals surface area contributed by atoms with Gasteiger partial charge < -0.3 is 19.5 Å². The van der Waals surface area contributed by atoms with E-state index in [-0.39, 0.29) is 13.2 Å². The van der Waals surface area contributed by atoms with Crippen LogP contribution in [0.25, 0.3) is 0 Å². The second-order valence-electron chi connectivity index (χ2n) is 9.77. The highest BCUT2D eigenvalue weighted by atomic mass is 79.9. The van der Waals surface area contributed by atoms with E-state index < -0.39 is 12.0 Å². The molecule has 3 aromatic carbocycles. The molecule has 0 aliphatic carbocycles. The average Bonchev–Trinajstić information content (AvgIpc) is 3.41. The van der Waals surface area contributed by atoms with Gasteiger partial charge in [0.15, 0.2) is 11.5 Å². The summed E-state index contributed by atoms with van der Waals surface area (Å²) in [4.78, 5) is 18.2. The minimum absolute atomic E-state index is 0.118. The molecular formula is C31H28BrCl3N4O4S. The maximum absolute atomic E-state index is 13.5. The van der Waals surface area contributed by atoms with Crippen LogP contribution in [0.5, 0.6) is 11.5 Å². The number of benzene rings is 3. The molecule has 13 heteroatoms. The van der Waals surface area contributed by atoms with E-state index in [0.717, 1.165) is 5.56 Å². The van der Waals surface area contributed by atoms with Crippen molar-refractivity contribution in [2.24, 2.45) is 0 Å². The Morgan fingerprint density at radius 1 is 1.09 bits per heavy atom. The van der Waals surface area contributed by atoms with Crippen LogP contribution in [-0.4, -0.2) is 34.5 Å². The molecular weight excluding hydrogens is 711 g/mol. The summed E-state index contributed by atoms with van der Waals surface area (Å²) in [5.41, 5.74) is 3.35. The molecule has 1 atom stereocenters. The first kappa shape index (κ1) is 32.5. The number of halogens is 4. The van der Waals surface area contributed by atoms with Gasteiger partial charge in [-0.15, -0.1) is 5.10 Å². The highest BCUT2D eigenvalue weighted by molar-refractivity contribution is 9.10. The largest absolute Gasteiger partial charge is 0.493 e. The van der Waals surface area contributed by atoms with Gasteiger partial charge in [-0.1, -0.05) is 77.8 Å². The fraction of sp³-hybridized carbons (Fsp3) is 0.258. The van der Waals surface area contributed by atoms with Gasteiger partial charge in [0.05, 0.1) is 23.8 Å². The number of hydrogen-bond donors (Lipinski definition) is 1. The summed E-state index contributed by atoms with van der Waals surface area (Å²) in [5.74, 6) is 1.51. The molecule has 4 aromatic rings. The number of carbonyl (C=O) groups is 1. The molecule has 1 N–H and O–H groups in total. The van der Waals surface area contributed by atoms with Crippen LogP contribution in [0, 0.1) is 0 Å². The van der Waals surface area contributed by atoms with Crippen LogP contribution in [0.15, 0.2) is 75.5 Å². The number of allylic oxidation sites excluding steroid dienone is 1. The number of fused-ring (bicyclic) bond motifs is 1. The minimum atomic E-state index is -0.671. The van der Waals surface area contributed by atoms with Crippen LogP contribution in [0.1, 0.15) is 43.0 Å².